The molecule has 156 valence electrons. The van der Waals surface area contributed by atoms with E-state index in [2.05, 4.69) is 17.1 Å². The van der Waals surface area contributed by atoms with Crippen molar-refractivity contribution in [2.45, 2.75) is 19.9 Å². The Kier molecular flexibility index (Phi) is 6.09. The molecular formula is C25H22N2O3S. The van der Waals surface area contributed by atoms with Crippen molar-refractivity contribution < 1.29 is 14.3 Å². The van der Waals surface area contributed by atoms with Crippen LogP contribution < -0.4 is 4.80 Å². The van der Waals surface area contributed by atoms with Crippen molar-refractivity contribution in [1.82, 2.24) is 4.57 Å². The van der Waals surface area contributed by atoms with Gasteiger partial charge in [0.05, 0.1) is 17.3 Å². The summed E-state index contributed by atoms with van der Waals surface area (Å²) in [4.78, 5) is 29.6. The van der Waals surface area contributed by atoms with Crippen molar-refractivity contribution in [1.29, 1.82) is 0 Å². The van der Waals surface area contributed by atoms with Crippen LogP contribution in [0.2, 0.25) is 0 Å². The van der Waals surface area contributed by atoms with Crippen molar-refractivity contribution in [3.05, 3.63) is 99.9 Å². The Balaban J connectivity index is 1.65. The largest absolute Gasteiger partial charge is 0.468 e. The number of methoxy groups -OCH3 is 1. The maximum absolute atomic E-state index is 12.8. The zero-order chi connectivity index (χ0) is 21.8. The van der Waals surface area contributed by atoms with Crippen molar-refractivity contribution >= 4 is 33.4 Å². The number of benzene rings is 3. The van der Waals surface area contributed by atoms with Gasteiger partial charge in [0.1, 0.15) is 6.54 Å². The lowest BCUT2D eigenvalue weighted by Gasteiger charge is -2.04. The Morgan fingerprint density at radius 2 is 1.68 bits per heavy atom. The van der Waals surface area contributed by atoms with E-state index < -0.39 is 0 Å². The lowest BCUT2D eigenvalue weighted by atomic mass is 10.0. The van der Waals surface area contributed by atoms with Crippen LogP contribution in [0, 0.1) is 6.92 Å². The molecule has 0 saturated carbocycles. The fourth-order valence-corrected chi connectivity index (χ4v) is 4.49. The van der Waals surface area contributed by atoms with Crippen LogP contribution in [0.15, 0.2) is 77.8 Å². The molecule has 0 N–H and O–H groups in total. The van der Waals surface area contributed by atoms with E-state index >= 15 is 0 Å². The highest BCUT2D eigenvalue weighted by Crippen LogP contribution is 2.19. The number of ether oxygens (including phenoxy) is 1. The number of amides is 1. The first kappa shape index (κ1) is 20.8. The molecule has 0 radical (unpaired) electrons. The van der Waals surface area contributed by atoms with E-state index in [4.69, 9.17) is 4.74 Å². The monoisotopic (exact) mass is 430 g/mol. The topological polar surface area (TPSA) is 60.7 Å². The van der Waals surface area contributed by atoms with Gasteiger partial charge in [0.2, 0.25) is 0 Å². The van der Waals surface area contributed by atoms with E-state index in [0.717, 1.165) is 27.8 Å². The minimum absolute atomic E-state index is 0.00167. The van der Waals surface area contributed by atoms with E-state index in [-0.39, 0.29) is 18.4 Å². The van der Waals surface area contributed by atoms with Gasteiger partial charge in [-0.25, -0.2) is 0 Å². The van der Waals surface area contributed by atoms with Crippen LogP contribution in [0.1, 0.15) is 27.0 Å². The summed E-state index contributed by atoms with van der Waals surface area (Å²) in [5.74, 6) is -0.729. The summed E-state index contributed by atoms with van der Waals surface area (Å²) in [7, 11) is 1.35. The van der Waals surface area contributed by atoms with Gasteiger partial charge in [-0.05, 0) is 54.3 Å². The number of carbonyl (C=O) groups is 2. The van der Waals surface area contributed by atoms with Gasteiger partial charge in [0.15, 0.2) is 4.80 Å². The van der Waals surface area contributed by atoms with Crippen LogP contribution in [0.4, 0.5) is 0 Å². The molecule has 5 nitrogen and oxygen atoms in total. The number of hydrogen-bond donors (Lipinski definition) is 0. The standard InChI is InChI=1S/C25H22N2O3S/c1-17-8-13-21-22(14-17)31-25(27(21)16-23(28)30-2)26-24(29)20-11-9-19(10-12-20)15-18-6-4-3-5-7-18/h3-14H,15-16H2,1-2H3. The van der Waals surface area contributed by atoms with Crippen LogP contribution >= 0.6 is 11.3 Å². The predicted molar refractivity (Wildman–Crippen MR) is 122 cm³/mol. The molecule has 3 aromatic carbocycles. The summed E-state index contributed by atoms with van der Waals surface area (Å²) in [6.07, 6.45) is 0.807. The molecule has 0 aliphatic rings. The Bertz CT molecular complexity index is 1300. The van der Waals surface area contributed by atoms with Crippen LogP contribution in [-0.4, -0.2) is 23.6 Å². The summed E-state index contributed by atoms with van der Waals surface area (Å²) in [5.41, 5.74) is 4.81. The average Bonchev–Trinajstić information content (AvgIpc) is 3.10. The maximum Gasteiger partial charge on any atom is 0.325 e. The molecule has 1 amide bonds. The van der Waals surface area contributed by atoms with Crippen molar-refractivity contribution in [3.8, 4) is 0 Å². The molecule has 4 rings (SSSR count). The Labute approximate surface area is 184 Å². The zero-order valence-electron chi connectivity index (χ0n) is 17.4. The molecule has 0 atom stereocenters. The van der Waals surface area contributed by atoms with Gasteiger partial charge in [-0.3, -0.25) is 9.59 Å². The van der Waals surface area contributed by atoms with E-state index in [1.54, 1.807) is 16.7 Å². The van der Waals surface area contributed by atoms with E-state index in [1.165, 1.54) is 24.0 Å². The summed E-state index contributed by atoms with van der Waals surface area (Å²) >= 11 is 1.39. The average molecular weight is 431 g/mol. The molecule has 0 fully saturated rings. The molecule has 31 heavy (non-hydrogen) atoms. The Morgan fingerprint density at radius 1 is 0.968 bits per heavy atom. The fourth-order valence-electron chi connectivity index (χ4n) is 3.36. The maximum atomic E-state index is 12.8. The van der Waals surface area contributed by atoms with Crippen LogP contribution in [0.25, 0.3) is 10.2 Å². The number of carbonyl (C=O) groups excluding carboxylic acids is 2. The summed E-state index contributed by atoms with van der Waals surface area (Å²) < 4.78 is 7.52. The molecule has 4 aromatic rings. The molecule has 0 bridgehead atoms. The highest BCUT2D eigenvalue weighted by molar-refractivity contribution is 7.16. The molecule has 6 heteroatoms. The highest BCUT2D eigenvalue weighted by atomic mass is 32.1. The van der Waals surface area contributed by atoms with Crippen LogP contribution in [-0.2, 0) is 22.5 Å². The number of fused-ring (bicyclic) bond motifs is 1. The third-order valence-corrected chi connectivity index (χ3v) is 6.04. The second-order valence-corrected chi connectivity index (χ2v) is 8.30. The molecule has 1 heterocycles. The van der Waals surface area contributed by atoms with E-state index in [1.807, 2.05) is 55.5 Å². The molecule has 0 aliphatic carbocycles. The minimum Gasteiger partial charge on any atom is -0.468 e. The smallest absolute Gasteiger partial charge is 0.325 e. The number of hydrogen-bond acceptors (Lipinski definition) is 4. The normalized spacial score (nSPS) is 11.6. The van der Waals surface area contributed by atoms with Gasteiger partial charge in [-0.2, -0.15) is 4.99 Å². The number of rotatable bonds is 5. The molecule has 0 unspecified atom stereocenters. The third kappa shape index (κ3) is 4.81. The van der Waals surface area contributed by atoms with Gasteiger partial charge in [-0.1, -0.05) is 59.9 Å². The van der Waals surface area contributed by atoms with Crippen LogP contribution in [0.5, 0.6) is 0 Å². The predicted octanol–water partition coefficient (Wildman–Crippen LogP) is 4.52. The molecule has 1 aromatic heterocycles. The lowest BCUT2D eigenvalue weighted by molar-refractivity contribution is -0.141. The van der Waals surface area contributed by atoms with Gasteiger partial charge in [0, 0.05) is 5.56 Å². The van der Waals surface area contributed by atoms with E-state index in [0.29, 0.717) is 10.4 Å². The number of aryl methyl sites for hydroxylation is 1. The number of aromatic nitrogens is 1. The van der Waals surface area contributed by atoms with Gasteiger partial charge in [-0.15, -0.1) is 0 Å². The molecule has 0 saturated heterocycles. The van der Waals surface area contributed by atoms with Crippen molar-refractivity contribution in [2.75, 3.05) is 7.11 Å². The molecule has 0 spiro atoms. The number of nitrogens with zero attached hydrogens (tertiary/aromatic N) is 2. The Hall–Kier alpha value is -3.51. The SMILES string of the molecule is COC(=O)Cn1c(=NC(=O)c2ccc(Cc3ccccc3)cc2)sc2cc(C)ccc21. The number of thiazole rings is 1. The second kappa shape index (κ2) is 9.10. The first-order chi connectivity index (χ1) is 15.0. The zero-order valence-corrected chi connectivity index (χ0v) is 18.2. The first-order valence-corrected chi connectivity index (χ1v) is 10.7. The second-order valence-electron chi connectivity index (χ2n) is 7.29. The lowest BCUT2D eigenvalue weighted by Crippen LogP contribution is -2.22. The van der Waals surface area contributed by atoms with Crippen LogP contribution in [0.3, 0.4) is 0 Å². The number of esters is 1. The highest BCUT2D eigenvalue weighted by Gasteiger charge is 2.13. The van der Waals surface area contributed by atoms with Crippen molar-refractivity contribution in [2.24, 2.45) is 4.99 Å². The van der Waals surface area contributed by atoms with Gasteiger partial charge < -0.3 is 9.30 Å². The first-order valence-electron chi connectivity index (χ1n) is 9.92. The fraction of sp³-hybridized carbons (Fsp3) is 0.160. The molecular weight excluding hydrogens is 408 g/mol. The van der Waals surface area contributed by atoms with Gasteiger partial charge in [0.25, 0.3) is 5.91 Å². The molecule has 0 aliphatic heterocycles. The minimum atomic E-state index is -0.389. The Morgan fingerprint density at radius 3 is 2.39 bits per heavy atom. The quantitative estimate of drug-likeness (QED) is 0.438. The van der Waals surface area contributed by atoms with Crippen molar-refractivity contribution in [3.63, 3.8) is 0 Å². The van der Waals surface area contributed by atoms with E-state index in [9.17, 15) is 9.59 Å². The summed E-state index contributed by atoms with van der Waals surface area (Å²) in [6, 6.07) is 23.6. The third-order valence-electron chi connectivity index (χ3n) is 5.00. The van der Waals surface area contributed by atoms with Gasteiger partial charge >= 0.3 is 5.97 Å². The summed E-state index contributed by atoms with van der Waals surface area (Å²) in [5, 5.41) is 0. The summed E-state index contributed by atoms with van der Waals surface area (Å²) in [6.45, 7) is 2.00.